The van der Waals surface area contributed by atoms with Gasteiger partial charge in [0, 0.05) is 12.6 Å². The Morgan fingerprint density at radius 1 is 1.39 bits per heavy atom. The molecule has 0 bridgehead atoms. The number of nitrogens with zero attached hydrogens (tertiary/aromatic N) is 1. The summed E-state index contributed by atoms with van der Waals surface area (Å²) in [7, 11) is 0. The molecule has 1 saturated heterocycles. The second kappa shape index (κ2) is 6.52. The van der Waals surface area contributed by atoms with Crippen LogP contribution in [0.5, 0.6) is 5.75 Å². The zero-order valence-electron chi connectivity index (χ0n) is 13.0. The Morgan fingerprint density at radius 2 is 2.04 bits per heavy atom. The zero-order chi connectivity index (χ0) is 17.2. The van der Waals surface area contributed by atoms with Crippen molar-refractivity contribution in [3.05, 3.63) is 29.8 Å². The lowest BCUT2D eigenvalue weighted by Crippen LogP contribution is -2.45. The molecule has 1 fully saturated rings. The minimum atomic E-state index is -3.77. The minimum absolute atomic E-state index is 0.00333. The van der Waals surface area contributed by atoms with Crippen molar-refractivity contribution in [2.75, 3.05) is 13.2 Å². The SMILES string of the molecule is CCOc1ccccc1C(F)(F)C(=O)N1CCC(C(=O)O)C1C. The van der Waals surface area contributed by atoms with Gasteiger partial charge in [0.2, 0.25) is 0 Å². The molecular weight excluding hydrogens is 308 g/mol. The smallest absolute Gasteiger partial charge is 0.353 e. The van der Waals surface area contributed by atoms with Crippen molar-refractivity contribution in [3.8, 4) is 5.75 Å². The number of likely N-dealkylation sites (tertiary alicyclic amines) is 1. The number of hydrogen-bond donors (Lipinski definition) is 1. The van der Waals surface area contributed by atoms with E-state index in [2.05, 4.69) is 0 Å². The number of carbonyl (C=O) groups excluding carboxylic acids is 1. The molecule has 0 spiro atoms. The molecule has 0 aromatic heterocycles. The van der Waals surface area contributed by atoms with Gasteiger partial charge in [-0.05, 0) is 32.4 Å². The van der Waals surface area contributed by atoms with E-state index in [1.165, 1.54) is 19.1 Å². The molecule has 1 amide bonds. The molecule has 1 N–H and O–H groups in total. The predicted octanol–water partition coefficient (Wildman–Crippen LogP) is 2.50. The van der Waals surface area contributed by atoms with E-state index in [1.54, 1.807) is 13.0 Å². The van der Waals surface area contributed by atoms with Crippen LogP contribution >= 0.6 is 0 Å². The van der Waals surface area contributed by atoms with Gasteiger partial charge in [-0.3, -0.25) is 9.59 Å². The van der Waals surface area contributed by atoms with Crippen LogP contribution in [-0.2, 0) is 15.5 Å². The number of hydrogen-bond acceptors (Lipinski definition) is 3. The van der Waals surface area contributed by atoms with E-state index in [0.29, 0.717) is 0 Å². The lowest BCUT2D eigenvalue weighted by molar-refractivity contribution is -0.160. The highest BCUT2D eigenvalue weighted by Gasteiger charge is 2.50. The molecule has 7 heteroatoms. The Kier molecular flexibility index (Phi) is 4.87. The molecule has 2 rings (SSSR count). The van der Waals surface area contributed by atoms with Crippen LogP contribution in [0.25, 0.3) is 0 Å². The fourth-order valence-corrected chi connectivity index (χ4v) is 2.86. The average molecular weight is 327 g/mol. The number of carboxylic acid groups (broad SMARTS) is 1. The van der Waals surface area contributed by atoms with Gasteiger partial charge >= 0.3 is 11.9 Å². The Labute approximate surface area is 132 Å². The summed E-state index contributed by atoms with van der Waals surface area (Å²) in [6, 6.07) is 4.72. The predicted molar refractivity (Wildman–Crippen MR) is 78.4 cm³/mol. The van der Waals surface area contributed by atoms with Gasteiger partial charge in [-0.25, -0.2) is 0 Å². The summed E-state index contributed by atoms with van der Waals surface area (Å²) in [6.07, 6.45) is 0.172. The van der Waals surface area contributed by atoms with Crippen molar-refractivity contribution in [1.82, 2.24) is 4.90 Å². The third kappa shape index (κ3) is 3.13. The van der Waals surface area contributed by atoms with Crippen LogP contribution in [0, 0.1) is 5.92 Å². The standard InChI is InChI=1S/C16H19F2NO4/c1-3-23-13-7-5-4-6-12(13)16(17,18)15(22)19-9-8-11(10(19)2)14(20)21/h4-7,10-11H,3,8-9H2,1-2H3,(H,20,21). The summed E-state index contributed by atoms with van der Waals surface area (Å²) in [4.78, 5) is 24.4. The topological polar surface area (TPSA) is 66.8 Å². The maximum absolute atomic E-state index is 14.7. The van der Waals surface area contributed by atoms with Crippen molar-refractivity contribution in [2.45, 2.75) is 32.2 Å². The van der Waals surface area contributed by atoms with E-state index in [4.69, 9.17) is 9.84 Å². The Morgan fingerprint density at radius 3 is 2.61 bits per heavy atom. The van der Waals surface area contributed by atoms with Crippen LogP contribution in [0.2, 0.25) is 0 Å². The number of aliphatic carboxylic acids is 1. The van der Waals surface area contributed by atoms with Gasteiger partial charge in [0.15, 0.2) is 0 Å². The Balaban J connectivity index is 2.29. The highest BCUT2D eigenvalue weighted by atomic mass is 19.3. The number of amides is 1. The van der Waals surface area contributed by atoms with Crippen molar-refractivity contribution < 1.29 is 28.2 Å². The lowest BCUT2D eigenvalue weighted by atomic mass is 10.0. The van der Waals surface area contributed by atoms with E-state index in [-0.39, 0.29) is 25.3 Å². The van der Waals surface area contributed by atoms with Crippen LogP contribution in [0.3, 0.4) is 0 Å². The molecule has 5 nitrogen and oxygen atoms in total. The van der Waals surface area contributed by atoms with Crippen molar-refractivity contribution in [3.63, 3.8) is 0 Å². The van der Waals surface area contributed by atoms with Gasteiger partial charge in [0.05, 0.1) is 18.1 Å². The molecular formula is C16H19F2NO4. The quantitative estimate of drug-likeness (QED) is 0.902. The third-order valence-corrected chi connectivity index (χ3v) is 4.13. The van der Waals surface area contributed by atoms with Gasteiger partial charge in [-0.2, -0.15) is 8.78 Å². The van der Waals surface area contributed by atoms with Crippen molar-refractivity contribution in [2.24, 2.45) is 5.92 Å². The van der Waals surface area contributed by atoms with E-state index in [9.17, 15) is 18.4 Å². The number of para-hydroxylation sites is 1. The summed E-state index contributed by atoms with van der Waals surface area (Å²) in [5.41, 5.74) is -0.502. The number of carbonyl (C=O) groups is 2. The van der Waals surface area contributed by atoms with Crippen LogP contribution in [0.15, 0.2) is 24.3 Å². The highest BCUT2D eigenvalue weighted by molar-refractivity contribution is 5.87. The molecule has 23 heavy (non-hydrogen) atoms. The molecule has 1 aromatic carbocycles. The average Bonchev–Trinajstić information content (AvgIpc) is 2.89. The first-order chi connectivity index (χ1) is 10.8. The monoisotopic (exact) mass is 327 g/mol. The summed E-state index contributed by atoms with van der Waals surface area (Å²) in [5, 5.41) is 9.07. The van der Waals surface area contributed by atoms with Crippen LogP contribution in [0.4, 0.5) is 8.78 Å². The first-order valence-corrected chi connectivity index (χ1v) is 7.44. The Hall–Kier alpha value is -2.18. The highest BCUT2D eigenvalue weighted by Crippen LogP contribution is 2.39. The second-order valence-electron chi connectivity index (χ2n) is 5.48. The van der Waals surface area contributed by atoms with Gasteiger partial charge in [-0.15, -0.1) is 0 Å². The van der Waals surface area contributed by atoms with Crippen molar-refractivity contribution >= 4 is 11.9 Å². The van der Waals surface area contributed by atoms with Crippen LogP contribution in [0.1, 0.15) is 25.8 Å². The molecule has 1 aliphatic rings. The lowest BCUT2D eigenvalue weighted by Gasteiger charge is -2.28. The summed E-state index contributed by atoms with van der Waals surface area (Å²) >= 11 is 0. The van der Waals surface area contributed by atoms with E-state index >= 15 is 0 Å². The van der Waals surface area contributed by atoms with Gasteiger partial charge in [0.25, 0.3) is 5.91 Å². The third-order valence-electron chi connectivity index (χ3n) is 4.13. The number of benzene rings is 1. The number of alkyl halides is 2. The maximum atomic E-state index is 14.7. The van der Waals surface area contributed by atoms with E-state index in [1.807, 2.05) is 0 Å². The van der Waals surface area contributed by atoms with Gasteiger partial charge < -0.3 is 14.7 Å². The van der Waals surface area contributed by atoms with E-state index in [0.717, 1.165) is 11.0 Å². The molecule has 1 aromatic rings. The molecule has 0 radical (unpaired) electrons. The number of carboxylic acids is 1. The summed E-state index contributed by atoms with van der Waals surface area (Å²) in [5.74, 6) is -7.11. The molecule has 1 aliphatic heterocycles. The largest absolute Gasteiger partial charge is 0.493 e. The molecule has 0 saturated carbocycles. The van der Waals surface area contributed by atoms with E-state index < -0.39 is 35.3 Å². The normalized spacial score (nSPS) is 21.3. The first-order valence-electron chi connectivity index (χ1n) is 7.44. The molecule has 0 aliphatic carbocycles. The molecule has 126 valence electrons. The fourth-order valence-electron chi connectivity index (χ4n) is 2.86. The fraction of sp³-hybridized carbons (Fsp3) is 0.500. The molecule has 2 atom stereocenters. The first kappa shape index (κ1) is 17.2. The van der Waals surface area contributed by atoms with Crippen molar-refractivity contribution in [1.29, 1.82) is 0 Å². The number of rotatable bonds is 5. The number of halogens is 2. The summed E-state index contributed by atoms with van der Waals surface area (Å²) < 4.78 is 34.5. The minimum Gasteiger partial charge on any atom is -0.493 e. The van der Waals surface area contributed by atoms with Crippen LogP contribution < -0.4 is 4.74 Å². The zero-order valence-corrected chi connectivity index (χ0v) is 13.0. The molecule has 1 heterocycles. The Bertz CT molecular complexity index is 605. The van der Waals surface area contributed by atoms with Crippen LogP contribution in [-0.4, -0.2) is 41.1 Å². The second-order valence-corrected chi connectivity index (χ2v) is 5.48. The summed E-state index contributed by atoms with van der Waals surface area (Å²) in [6.45, 7) is 3.34. The number of ether oxygens (including phenoxy) is 1. The van der Waals surface area contributed by atoms with Gasteiger partial charge in [-0.1, -0.05) is 12.1 Å². The maximum Gasteiger partial charge on any atom is 0.353 e. The van der Waals surface area contributed by atoms with Gasteiger partial charge in [0.1, 0.15) is 5.75 Å². The molecule has 2 unspecified atom stereocenters.